The van der Waals surface area contributed by atoms with Gasteiger partial charge in [0.05, 0.1) is 11.6 Å². The van der Waals surface area contributed by atoms with Crippen molar-refractivity contribution in [1.82, 2.24) is 29.9 Å². The van der Waals surface area contributed by atoms with Crippen molar-refractivity contribution in [1.29, 1.82) is 5.26 Å². The van der Waals surface area contributed by atoms with E-state index in [1.807, 2.05) is 57.3 Å². The zero-order valence-electron chi connectivity index (χ0n) is 24.1. The fraction of sp³-hybridized carbons (Fsp3) is 0.188. The molecule has 0 saturated heterocycles. The molecule has 2 aromatic heterocycles. The Kier molecular flexibility index (Phi) is 8.36. The molecule has 0 aliphatic carbocycles. The molecule has 11 heteroatoms. The van der Waals surface area contributed by atoms with Gasteiger partial charge in [0.25, 0.3) is 5.91 Å². The second-order valence-electron chi connectivity index (χ2n) is 10.3. The Morgan fingerprint density at radius 3 is 2.28 bits per heavy atom. The van der Waals surface area contributed by atoms with Crippen LogP contribution in [0.15, 0.2) is 73.2 Å². The predicted octanol–water partition coefficient (Wildman–Crippen LogP) is 5.00. The summed E-state index contributed by atoms with van der Waals surface area (Å²) in [7, 11) is 3.51. The molecular weight excluding hydrogens is 564 g/mol. The van der Waals surface area contributed by atoms with Gasteiger partial charge in [-0.05, 0) is 84.1 Å². The number of aryl methyl sites for hydroxylation is 4. The van der Waals surface area contributed by atoms with E-state index in [0.29, 0.717) is 33.4 Å². The highest BCUT2D eigenvalue weighted by Gasteiger charge is 2.25. The van der Waals surface area contributed by atoms with Gasteiger partial charge in [0.1, 0.15) is 18.1 Å². The van der Waals surface area contributed by atoms with Crippen LogP contribution in [0.1, 0.15) is 32.7 Å². The normalized spacial score (nSPS) is 11.5. The summed E-state index contributed by atoms with van der Waals surface area (Å²) in [5.41, 5.74) is 6.60. The third-order valence-electron chi connectivity index (χ3n) is 7.24. The molecule has 5 aromatic rings. The number of carbonyl (C=O) groups excluding carboxylic acids is 2. The second-order valence-corrected chi connectivity index (χ2v) is 10.7. The number of hydrogen-bond acceptors (Lipinski definition) is 6. The van der Waals surface area contributed by atoms with Crippen LogP contribution in [0.5, 0.6) is 0 Å². The summed E-state index contributed by atoms with van der Waals surface area (Å²) in [5, 5.41) is 27.8. The topological polar surface area (TPSA) is 131 Å². The lowest BCUT2D eigenvalue weighted by Gasteiger charge is -2.20. The number of nitrogens with one attached hydrogen (secondary N) is 2. The number of halogens is 1. The van der Waals surface area contributed by atoms with Crippen LogP contribution in [0, 0.1) is 25.2 Å². The number of rotatable bonds is 8. The number of hydrogen-bond donors (Lipinski definition) is 2. The Balaban J connectivity index is 1.43. The number of carbonyl (C=O) groups is 2. The smallest absolute Gasteiger partial charge is 0.270 e. The average molecular weight is 593 g/mol. The first-order chi connectivity index (χ1) is 20.6. The maximum absolute atomic E-state index is 13.7. The zero-order chi connectivity index (χ0) is 30.7. The third kappa shape index (κ3) is 6.32. The fourth-order valence-electron chi connectivity index (χ4n) is 4.95. The van der Waals surface area contributed by atoms with E-state index in [4.69, 9.17) is 11.6 Å². The van der Waals surface area contributed by atoms with Gasteiger partial charge >= 0.3 is 0 Å². The number of nitriles is 1. The lowest BCUT2D eigenvalue weighted by molar-refractivity contribution is -0.118. The van der Waals surface area contributed by atoms with Crippen molar-refractivity contribution in [3.63, 3.8) is 0 Å². The van der Waals surface area contributed by atoms with E-state index in [1.54, 1.807) is 42.2 Å². The molecule has 0 spiro atoms. The van der Waals surface area contributed by atoms with Crippen LogP contribution in [0.25, 0.3) is 22.5 Å². The fourth-order valence-corrected chi connectivity index (χ4v) is 5.15. The minimum absolute atomic E-state index is 0.132. The quantitative estimate of drug-likeness (QED) is 0.261. The molecule has 10 nitrogen and oxygen atoms in total. The van der Waals surface area contributed by atoms with Crippen molar-refractivity contribution in [3.05, 3.63) is 106 Å². The van der Waals surface area contributed by atoms with Gasteiger partial charge in [-0.2, -0.15) is 10.4 Å². The largest absolute Gasteiger partial charge is 0.339 e. The summed E-state index contributed by atoms with van der Waals surface area (Å²) < 4.78 is 3.24. The lowest BCUT2D eigenvalue weighted by atomic mass is 9.94. The molecule has 0 bridgehead atoms. The molecule has 43 heavy (non-hydrogen) atoms. The molecule has 5 rings (SSSR count). The lowest BCUT2D eigenvalue weighted by Crippen LogP contribution is -2.45. The summed E-state index contributed by atoms with van der Waals surface area (Å²) in [5.74, 6) is -0.154. The summed E-state index contributed by atoms with van der Waals surface area (Å²) in [6.45, 7) is 3.81. The monoisotopic (exact) mass is 592 g/mol. The third-order valence-corrected chi connectivity index (χ3v) is 7.61. The molecule has 1 atom stereocenters. The van der Waals surface area contributed by atoms with Gasteiger partial charge in [0.2, 0.25) is 5.91 Å². The van der Waals surface area contributed by atoms with E-state index in [2.05, 4.69) is 32.0 Å². The van der Waals surface area contributed by atoms with Crippen LogP contribution in [-0.2, 0) is 25.3 Å². The first kappa shape index (κ1) is 29.2. The number of benzene rings is 3. The molecule has 1 unspecified atom stereocenters. The van der Waals surface area contributed by atoms with Crippen LogP contribution < -0.4 is 10.6 Å². The molecule has 2 amide bonds. The Hall–Kier alpha value is -5.27. The predicted molar refractivity (Wildman–Crippen MR) is 164 cm³/mol. The molecular formula is C32H29ClN8O2. The van der Waals surface area contributed by atoms with Crippen molar-refractivity contribution in [2.45, 2.75) is 26.3 Å². The highest BCUT2D eigenvalue weighted by Crippen LogP contribution is 2.29. The van der Waals surface area contributed by atoms with Crippen molar-refractivity contribution in [2.75, 3.05) is 5.32 Å². The van der Waals surface area contributed by atoms with Crippen LogP contribution in [0.3, 0.4) is 0 Å². The van der Waals surface area contributed by atoms with Gasteiger partial charge in [0, 0.05) is 43.0 Å². The number of anilines is 1. The van der Waals surface area contributed by atoms with E-state index in [1.165, 1.54) is 10.9 Å². The van der Waals surface area contributed by atoms with Gasteiger partial charge in [-0.3, -0.25) is 14.3 Å². The van der Waals surface area contributed by atoms with E-state index < -0.39 is 17.9 Å². The summed E-state index contributed by atoms with van der Waals surface area (Å²) in [6, 6.07) is 19.6. The Bertz CT molecular complexity index is 1840. The molecule has 3 aromatic carbocycles. The van der Waals surface area contributed by atoms with Gasteiger partial charge in [-0.15, -0.1) is 10.2 Å². The van der Waals surface area contributed by atoms with E-state index in [9.17, 15) is 14.9 Å². The Morgan fingerprint density at radius 1 is 0.977 bits per heavy atom. The highest BCUT2D eigenvalue weighted by molar-refractivity contribution is 6.31. The van der Waals surface area contributed by atoms with Crippen molar-refractivity contribution >= 4 is 29.1 Å². The van der Waals surface area contributed by atoms with Gasteiger partial charge in [0.15, 0.2) is 5.82 Å². The van der Waals surface area contributed by atoms with Gasteiger partial charge in [-0.25, -0.2) is 0 Å². The van der Waals surface area contributed by atoms with Crippen LogP contribution in [-0.4, -0.2) is 42.4 Å². The molecule has 0 radical (unpaired) electrons. The Morgan fingerprint density at radius 2 is 1.67 bits per heavy atom. The molecule has 2 N–H and O–H groups in total. The first-order valence-corrected chi connectivity index (χ1v) is 13.9. The van der Waals surface area contributed by atoms with Crippen molar-refractivity contribution in [2.24, 2.45) is 14.1 Å². The molecule has 2 heterocycles. The molecule has 0 aliphatic heterocycles. The van der Waals surface area contributed by atoms with Crippen molar-refractivity contribution < 1.29 is 9.59 Å². The number of amides is 2. The van der Waals surface area contributed by atoms with Crippen LogP contribution >= 0.6 is 11.6 Å². The minimum atomic E-state index is -0.960. The Labute approximate surface area is 253 Å². The van der Waals surface area contributed by atoms with E-state index >= 15 is 0 Å². The van der Waals surface area contributed by atoms with E-state index in [0.717, 1.165) is 27.8 Å². The SMILES string of the molecule is Cc1cc(-c2ccc(Cl)c(CC(NC(=O)c3ccnn3C)C(=O)Nc3ccc(-c4nncn4C)cc3)c2)cc(C)c1C#N. The molecule has 216 valence electrons. The molecule has 0 saturated carbocycles. The van der Waals surface area contributed by atoms with E-state index in [-0.39, 0.29) is 6.42 Å². The maximum Gasteiger partial charge on any atom is 0.270 e. The number of aromatic nitrogens is 5. The molecule has 0 aliphatic rings. The minimum Gasteiger partial charge on any atom is -0.339 e. The summed E-state index contributed by atoms with van der Waals surface area (Å²) in [6.07, 6.45) is 3.27. The zero-order valence-corrected chi connectivity index (χ0v) is 24.8. The maximum atomic E-state index is 13.7. The summed E-state index contributed by atoms with van der Waals surface area (Å²) in [4.78, 5) is 26.8. The van der Waals surface area contributed by atoms with Gasteiger partial charge < -0.3 is 15.2 Å². The van der Waals surface area contributed by atoms with Crippen LogP contribution in [0.4, 0.5) is 5.69 Å². The van der Waals surface area contributed by atoms with Gasteiger partial charge in [-0.1, -0.05) is 29.8 Å². The van der Waals surface area contributed by atoms with Crippen LogP contribution in [0.2, 0.25) is 5.02 Å². The second kappa shape index (κ2) is 12.3. The summed E-state index contributed by atoms with van der Waals surface area (Å²) >= 11 is 6.63. The standard InChI is InChI=1S/C32H29ClN8O2/c1-19-13-23(14-20(2)26(19)17-34)22-7-10-27(33)24(15-22)16-28(38-32(43)29-11-12-36-41(29)4)31(42)37-25-8-5-21(6-9-25)30-39-35-18-40(30)3/h5-15,18,28H,16H2,1-4H3,(H,37,42)(H,38,43). The number of nitrogens with zero attached hydrogens (tertiary/aromatic N) is 6. The van der Waals surface area contributed by atoms with Crippen molar-refractivity contribution in [3.8, 4) is 28.6 Å². The highest BCUT2D eigenvalue weighted by atomic mass is 35.5. The first-order valence-electron chi connectivity index (χ1n) is 13.5. The average Bonchev–Trinajstić information content (AvgIpc) is 3.61. The molecule has 0 fully saturated rings.